The molecule has 0 saturated carbocycles. The minimum absolute atomic E-state index is 0.159. The Kier molecular flexibility index (Phi) is 5.18. The third kappa shape index (κ3) is 4.47. The summed E-state index contributed by atoms with van der Waals surface area (Å²) in [6.45, 7) is 3.96. The Morgan fingerprint density at radius 1 is 1.44 bits per heavy atom. The second kappa shape index (κ2) is 6.18. The number of hydrogen-bond acceptors (Lipinski definition) is 4. The molecule has 0 aliphatic carbocycles. The summed E-state index contributed by atoms with van der Waals surface area (Å²) in [6, 6.07) is 0.404. The number of nitrogens with zero attached hydrogens (tertiary/aromatic N) is 3. The Balaban J connectivity index is 2.46. The van der Waals surface area contributed by atoms with Crippen LogP contribution in [0.15, 0.2) is 0 Å². The van der Waals surface area contributed by atoms with Gasteiger partial charge in [0.15, 0.2) is 0 Å². The van der Waals surface area contributed by atoms with E-state index >= 15 is 0 Å². The summed E-state index contributed by atoms with van der Waals surface area (Å²) in [6.07, 6.45) is 1.08. The predicted octanol–water partition coefficient (Wildman–Crippen LogP) is -0.361. The Morgan fingerprint density at radius 3 is 2.56 bits per heavy atom. The third-order valence-corrected chi connectivity index (χ3v) is 3.06. The van der Waals surface area contributed by atoms with Crippen LogP contribution < -0.4 is 0 Å². The van der Waals surface area contributed by atoms with E-state index in [1.54, 1.807) is 0 Å². The first-order chi connectivity index (χ1) is 7.49. The van der Waals surface area contributed by atoms with Gasteiger partial charge < -0.3 is 14.9 Å². The van der Waals surface area contributed by atoms with Crippen LogP contribution in [0.2, 0.25) is 0 Å². The van der Waals surface area contributed by atoms with E-state index in [1.807, 2.05) is 14.1 Å². The van der Waals surface area contributed by atoms with Crippen LogP contribution in [0.4, 0.5) is 0 Å². The summed E-state index contributed by atoms with van der Waals surface area (Å²) in [4.78, 5) is 17.3. The SMILES string of the molecule is CN(C)CCN(CC(=O)O)C1CCN(C)C1. The fourth-order valence-electron chi connectivity index (χ4n) is 2.10. The topological polar surface area (TPSA) is 47.0 Å². The van der Waals surface area contributed by atoms with Crippen molar-refractivity contribution in [1.29, 1.82) is 0 Å². The molecule has 0 aromatic carbocycles. The highest BCUT2D eigenvalue weighted by Crippen LogP contribution is 2.13. The van der Waals surface area contributed by atoms with Gasteiger partial charge >= 0.3 is 5.97 Å². The molecule has 0 aromatic heterocycles. The van der Waals surface area contributed by atoms with Crippen LogP contribution in [-0.2, 0) is 4.79 Å². The van der Waals surface area contributed by atoms with E-state index in [4.69, 9.17) is 5.11 Å². The van der Waals surface area contributed by atoms with E-state index < -0.39 is 5.97 Å². The first kappa shape index (κ1) is 13.4. The molecule has 16 heavy (non-hydrogen) atoms. The Hall–Kier alpha value is -0.650. The Bertz CT molecular complexity index is 233. The van der Waals surface area contributed by atoms with Crippen molar-refractivity contribution in [1.82, 2.24) is 14.7 Å². The van der Waals surface area contributed by atoms with Gasteiger partial charge in [0.25, 0.3) is 0 Å². The molecule has 1 aliphatic heterocycles. The third-order valence-electron chi connectivity index (χ3n) is 3.06. The van der Waals surface area contributed by atoms with Gasteiger partial charge in [-0.3, -0.25) is 9.69 Å². The van der Waals surface area contributed by atoms with Crippen molar-refractivity contribution in [3.8, 4) is 0 Å². The first-order valence-electron chi connectivity index (χ1n) is 5.78. The van der Waals surface area contributed by atoms with Crippen LogP contribution in [0.1, 0.15) is 6.42 Å². The fourth-order valence-corrected chi connectivity index (χ4v) is 2.10. The first-order valence-corrected chi connectivity index (χ1v) is 5.78. The van der Waals surface area contributed by atoms with Crippen LogP contribution in [-0.4, -0.2) is 85.7 Å². The molecular weight excluding hydrogens is 206 g/mol. The molecule has 1 aliphatic rings. The molecular formula is C11H23N3O2. The van der Waals surface area contributed by atoms with E-state index in [-0.39, 0.29) is 6.54 Å². The highest BCUT2D eigenvalue weighted by Gasteiger charge is 2.26. The van der Waals surface area contributed by atoms with Crippen LogP contribution in [0.3, 0.4) is 0 Å². The van der Waals surface area contributed by atoms with Gasteiger partial charge in [-0.05, 0) is 34.1 Å². The number of carboxylic acid groups (broad SMARTS) is 1. The molecule has 1 rings (SSSR count). The minimum Gasteiger partial charge on any atom is -0.480 e. The normalized spacial score (nSPS) is 22.2. The lowest BCUT2D eigenvalue weighted by Crippen LogP contribution is -2.43. The summed E-state index contributed by atoms with van der Waals surface area (Å²) in [7, 11) is 6.12. The van der Waals surface area contributed by atoms with Crippen LogP contribution in [0.25, 0.3) is 0 Å². The number of hydrogen-bond donors (Lipinski definition) is 1. The van der Waals surface area contributed by atoms with Gasteiger partial charge in [0.1, 0.15) is 0 Å². The van der Waals surface area contributed by atoms with Crippen molar-refractivity contribution >= 4 is 5.97 Å². The standard InChI is InChI=1S/C11H23N3O2/c1-12(2)6-7-14(9-11(15)16)10-4-5-13(3)8-10/h10H,4-9H2,1-3H3,(H,15,16). The van der Waals surface area contributed by atoms with Crippen molar-refractivity contribution < 1.29 is 9.90 Å². The van der Waals surface area contributed by atoms with E-state index in [0.29, 0.717) is 6.04 Å². The van der Waals surface area contributed by atoms with Crippen LogP contribution in [0.5, 0.6) is 0 Å². The molecule has 5 heteroatoms. The van der Waals surface area contributed by atoms with E-state index in [2.05, 4.69) is 21.7 Å². The molecule has 1 heterocycles. The van der Waals surface area contributed by atoms with Crippen molar-refractivity contribution in [2.45, 2.75) is 12.5 Å². The largest absolute Gasteiger partial charge is 0.480 e. The zero-order chi connectivity index (χ0) is 12.1. The number of likely N-dealkylation sites (N-methyl/N-ethyl adjacent to an activating group) is 2. The maximum absolute atomic E-state index is 10.8. The van der Waals surface area contributed by atoms with E-state index in [1.165, 1.54) is 0 Å². The summed E-state index contributed by atoms with van der Waals surface area (Å²) >= 11 is 0. The highest BCUT2D eigenvalue weighted by molar-refractivity contribution is 5.69. The van der Waals surface area contributed by atoms with Crippen molar-refractivity contribution in [2.75, 3.05) is 53.9 Å². The van der Waals surface area contributed by atoms with Gasteiger partial charge in [-0.25, -0.2) is 0 Å². The molecule has 0 radical (unpaired) electrons. The lowest BCUT2D eigenvalue weighted by molar-refractivity contribution is -0.138. The van der Waals surface area contributed by atoms with Crippen LogP contribution >= 0.6 is 0 Å². The maximum Gasteiger partial charge on any atom is 0.317 e. The molecule has 0 bridgehead atoms. The number of carboxylic acids is 1. The fraction of sp³-hybridized carbons (Fsp3) is 0.909. The molecule has 1 N–H and O–H groups in total. The maximum atomic E-state index is 10.8. The second-order valence-electron chi connectivity index (χ2n) is 4.87. The average molecular weight is 229 g/mol. The Labute approximate surface area is 97.6 Å². The zero-order valence-corrected chi connectivity index (χ0v) is 10.5. The summed E-state index contributed by atoms with van der Waals surface area (Å²) in [5, 5.41) is 8.91. The minimum atomic E-state index is -0.728. The smallest absolute Gasteiger partial charge is 0.317 e. The lowest BCUT2D eigenvalue weighted by Gasteiger charge is -2.28. The molecule has 0 amide bonds. The predicted molar refractivity (Wildman–Crippen MR) is 63.7 cm³/mol. The molecule has 0 aromatic rings. The number of carbonyl (C=O) groups is 1. The molecule has 1 saturated heterocycles. The van der Waals surface area contributed by atoms with Crippen molar-refractivity contribution in [3.63, 3.8) is 0 Å². The average Bonchev–Trinajstić information content (AvgIpc) is 2.58. The summed E-state index contributed by atoms with van der Waals surface area (Å²) < 4.78 is 0. The molecule has 1 atom stereocenters. The molecule has 5 nitrogen and oxygen atoms in total. The molecule has 1 fully saturated rings. The second-order valence-corrected chi connectivity index (χ2v) is 4.87. The summed E-state index contributed by atoms with van der Waals surface area (Å²) in [5.41, 5.74) is 0. The van der Waals surface area contributed by atoms with Gasteiger partial charge in [0.05, 0.1) is 6.54 Å². The number of rotatable bonds is 6. The van der Waals surface area contributed by atoms with Crippen LogP contribution in [0, 0.1) is 0 Å². The van der Waals surface area contributed by atoms with Crippen molar-refractivity contribution in [3.05, 3.63) is 0 Å². The molecule has 0 spiro atoms. The molecule has 94 valence electrons. The Morgan fingerprint density at radius 2 is 2.12 bits per heavy atom. The quantitative estimate of drug-likeness (QED) is 0.674. The number of likely N-dealkylation sites (tertiary alicyclic amines) is 1. The molecule has 1 unspecified atom stereocenters. The van der Waals surface area contributed by atoms with Gasteiger partial charge in [0.2, 0.25) is 0 Å². The highest BCUT2D eigenvalue weighted by atomic mass is 16.4. The van der Waals surface area contributed by atoms with Gasteiger partial charge in [-0.15, -0.1) is 0 Å². The lowest BCUT2D eigenvalue weighted by atomic mass is 10.2. The summed E-state index contributed by atoms with van der Waals surface area (Å²) in [5.74, 6) is -0.728. The number of aliphatic carboxylic acids is 1. The van der Waals surface area contributed by atoms with Crippen molar-refractivity contribution in [2.24, 2.45) is 0 Å². The van der Waals surface area contributed by atoms with Gasteiger partial charge in [-0.1, -0.05) is 0 Å². The zero-order valence-electron chi connectivity index (χ0n) is 10.5. The van der Waals surface area contributed by atoms with E-state index in [0.717, 1.165) is 32.6 Å². The van der Waals surface area contributed by atoms with Gasteiger partial charge in [0, 0.05) is 25.7 Å². The monoisotopic (exact) mass is 229 g/mol. The van der Waals surface area contributed by atoms with Gasteiger partial charge in [-0.2, -0.15) is 0 Å². The van der Waals surface area contributed by atoms with E-state index in [9.17, 15) is 4.79 Å².